The van der Waals surface area contributed by atoms with Crippen molar-refractivity contribution in [1.82, 2.24) is 15.5 Å². The standard InChI is InChI=1S/C15H18N4/c1-2-4-14-11(3-1)9-16-18-15(14)19-8-7-12-5-6-13(10-19)17-12/h1-4,9,12-13,17H,5-8,10H2. The highest BCUT2D eigenvalue weighted by Gasteiger charge is 2.30. The smallest absolute Gasteiger partial charge is 0.159 e. The van der Waals surface area contributed by atoms with Crippen LogP contribution < -0.4 is 10.2 Å². The van der Waals surface area contributed by atoms with Gasteiger partial charge in [0, 0.05) is 35.9 Å². The van der Waals surface area contributed by atoms with E-state index >= 15 is 0 Å². The molecule has 2 bridgehead atoms. The first kappa shape index (κ1) is 11.2. The molecule has 2 fully saturated rings. The van der Waals surface area contributed by atoms with Gasteiger partial charge in [-0.3, -0.25) is 0 Å². The number of aromatic nitrogens is 2. The molecule has 4 rings (SSSR count). The van der Waals surface area contributed by atoms with Gasteiger partial charge in [0.1, 0.15) is 0 Å². The van der Waals surface area contributed by atoms with E-state index < -0.39 is 0 Å². The second-order valence-electron chi connectivity index (χ2n) is 5.63. The van der Waals surface area contributed by atoms with Crippen molar-refractivity contribution in [3.05, 3.63) is 30.5 Å². The summed E-state index contributed by atoms with van der Waals surface area (Å²) in [5.74, 6) is 1.05. The monoisotopic (exact) mass is 254 g/mol. The molecular formula is C15H18N4. The third kappa shape index (κ3) is 1.96. The summed E-state index contributed by atoms with van der Waals surface area (Å²) in [4.78, 5) is 2.41. The summed E-state index contributed by atoms with van der Waals surface area (Å²) in [7, 11) is 0. The molecule has 19 heavy (non-hydrogen) atoms. The summed E-state index contributed by atoms with van der Waals surface area (Å²) in [6.45, 7) is 2.13. The van der Waals surface area contributed by atoms with E-state index in [1.54, 1.807) is 0 Å². The van der Waals surface area contributed by atoms with Gasteiger partial charge in [-0.2, -0.15) is 5.10 Å². The number of hydrogen-bond donors (Lipinski definition) is 1. The van der Waals surface area contributed by atoms with Gasteiger partial charge in [0.2, 0.25) is 0 Å². The highest BCUT2D eigenvalue weighted by Crippen LogP contribution is 2.27. The molecule has 0 amide bonds. The van der Waals surface area contributed by atoms with E-state index in [0.29, 0.717) is 12.1 Å². The summed E-state index contributed by atoms with van der Waals surface area (Å²) < 4.78 is 0. The lowest BCUT2D eigenvalue weighted by Crippen LogP contribution is -2.35. The summed E-state index contributed by atoms with van der Waals surface area (Å²) in [5.41, 5.74) is 0. The Morgan fingerprint density at radius 3 is 3.00 bits per heavy atom. The van der Waals surface area contributed by atoms with Gasteiger partial charge in [0.25, 0.3) is 0 Å². The van der Waals surface area contributed by atoms with Gasteiger partial charge in [0.05, 0.1) is 6.20 Å². The number of fused-ring (bicyclic) bond motifs is 3. The maximum Gasteiger partial charge on any atom is 0.159 e. The zero-order chi connectivity index (χ0) is 12.7. The van der Waals surface area contributed by atoms with Crippen LogP contribution in [0.5, 0.6) is 0 Å². The van der Waals surface area contributed by atoms with E-state index in [9.17, 15) is 0 Å². The first-order valence-corrected chi connectivity index (χ1v) is 7.11. The molecule has 0 saturated carbocycles. The molecule has 3 heterocycles. The van der Waals surface area contributed by atoms with Crippen LogP contribution in [0.2, 0.25) is 0 Å². The molecule has 2 unspecified atom stereocenters. The summed E-state index contributed by atoms with van der Waals surface area (Å²) >= 11 is 0. The van der Waals surface area contributed by atoms with E-state index in [0.717, 1.165) is 18.9 Å². The molecule has 2 aromatic rings. The minimum atomic E-state index is 0.619. The van der Waals surface area contributed by atoms with E-state index in [1.165, 1.54) is 30.0 Å². The molecule has 1 aromatic carbocycles. The minimum Gasteiger partial charge on any atom is -0.353 e. The Balaban J connectivity index is 1.73. The number of hydrogen-bond acceptors (Lipinski definition) is 4. The quantitative estimate of drug-likeness (QED) is 0.844. The van der Waals surface area contributed by atoms with E-state index in [4.69, 9.17) is 0 Å². The fraction of sp³-hybridized carbons (Fsp3) is 0.467. The third-order valence-electron chi connectivity index (χ3n) is 4.37. The Morgan fingerprint density at radius 1 is 1.11 bits per heavy atom. The number of nitrogens with zero attached hydrogens (tertiary/aromatic N) is 3. The summed E-state index contributed by atoms with van der Waals surface area (Å²) in [5, 5.41) is 14.7. The highest BCUT2D eigenvalue weighted by molar-refractivity contribution is 5.91. The Labute approximate surface area is 112 Å². The summed E-state index contributed by atoms with van der Waals surface area (Å²) in [6, 6.07) is 9.72. The van der Waals surface area contributed by atoms with Crippen molar-refractivity contribution in [3.63, 3.8) is 0 Å². The molecule has 2 aliphatic rings. The van der Waals surface area contributed by atoms with Gasteiger partial charge in [-0.05, 0) is 19.3 Å². The predicted molar refractivity (Wildman–Crippen MR) is 76.3 cm³/mol. The third-order valence-corrected chi connectivity index (χ3v) is 4.37. The van der Waals surface area contributed by atoms with Crippen LogP contribution in [-0.2, 0) is 0 Å². The zero-order valence-electron chi connectivity index (χ0n) is 10.9. The Bertz CT molecular complexity index is 592. The molecular weight excluding hydrogens is 236 g/mol. The van der Waals surface area contributed by atoms with Crippen molar-refractivity contribution in [2.24, 2.45) is 0 Å². The first-order chi connectivity index (χ1) is 9.40. The van der Waals surface area contributed by atoms with Crippen LogP contribution in [0.3, 0.4) is 0 Å². The lowest BCUT2D eigenvalue weighted by molar-refractivity contribution is 0.563. The van der Waals surface area contributed by atoms with E-state index in [1.807, 2.05) is 6.20 Å². The van der Waals surface area contributed by atoms with Crippen LogP contribution >= 0.6 is 0 Å². The lowest BCUT2D eigenvalue weighted by atomic mass is 10.1. The van der Waals surface area contributed by atoms with Crippen molar-refractivity contribution >= 4 is 16.6 Å². The van der Waals surface area contributed by atoms with Gasteiger partial charge in [-0.25, -0.2) is 0 Å². The first-order valence-electron chi connectivity index (χ1n) is 7.11. The number of benzene rings is 1. The molecule has 4 heteroatoms. The van der Waals surface area contributed by atoms with Crippen LogP contribution in [0, 0.1) is 0 Å². The topological polar surface area (TPSA) is 41.0 Å². The number of rotatable bonds is 1. The molecule has 4 nitrogen and oxygen atoms in total. The van der Waals surface area contributed by atoms with Gasteiger partial charge in [-0.1, -0.05) is 24.3 Å². The second kappa shape index (κ2) is 4.46. The van der Waals surface area contributed by atoms with Crippen molar-refractivity contribution in [1.29, 1.82) is 0 Å². The van der Waals surface area contributed by atoms with E-state index in [2.05, 4.69) is 44.7 Å². The fourth-order valence-electron chi connectivity index (χ4n) is 3.38. The Kier molecular flexibility index (Phi) is 2.62. The molecule has 2 atom stereocenters. The molecule has 0 aliphatic carbocycles. The van der Waals surface area contributed by atoms with Crippen LogP contribution in [0.1, 0.15) is 19.3 Å². The molecule has 2 saturated heterocycles. The fourth-order valence-corrected chi connectivity index (χ4v) is 3.38. The number of anilines is 1. The van der Waals surface area contributed by atoms with Crippen molar-refractivity contribution in [2.45, 2.75) is 31.3 Å². The zero-order valence-corrected chi connectivity index (χ0v) is 10.9. The summed E-state index contributed by atoms with van der Waals surface area (Å²) in [6.07, 6.45) is 5.68. The molecule has 0 spiro atoms. The second-order valence-corrected chi connectivity index (χ2v) is 5.63. The van der Waals surface area contributed by atoms with Crippen LogP contribution in [0.15, 0.2) is 30.5 Å². The molecule has 98 valence electrons. The van der Waals surface area contributed by atoms with Gasteiger partial charge in [0.15, 0.2) is 5.82 Å². The van der Waals surface area contributed by atoms with Gasteiger partial charge in [-0.15, -0.1) is 5.10 Å². The average molecular weight is 254 g/mol. The van der Waals surface area contributed by atoms with E-state index in [-0.39, 0.29) is 0 Å². The van der Waals surface area contributed by atoms with Crippen LogP contribution in [-0.4, -0.2) is 35.4 Å². The predicted octanol–water partition coefficient (Wildman–Crippen LogP) is 1.96. The Hall–Kier alpha value is -1.68. The maximum atomic E-state index is 4.40. The average Bonchev–Trinajstić information content (AvgIpc) is 2.78. The largest absolute Gasteiger partial charge is 0.353 e. The SMILES string of the molecule is c1ccc2c(N3CCC4CCC(C3)N4)nncc2c1. The maximum absolute atomic E-state index is 4.40. The molecule has 1 N–H and O–H groups in total. The Morgan fingerprint density at radius 2 is 2.00 bits per heavy atom. The van der Waals surface area contributed by atoms with Crippen LogP contribution in [0.25, 0.3) is 10.8 Å². The number of nitrogens with one attached hydrogen (secondary N) is 1. The van der Waals surface area contributed by atoms with Crippen molar-refractivity contribution < 1.29 is 0 Å². The van der Waals surface area contributed by atoms with Crippen molar-refractivity contribution in [2.75, 3.05) is 18.0 Å². The lowest BCUT2D eigenvalue weighted by Gasteiger charge is -2.25. The highest BCUT2D eigenvalue weighted by atomic mass is 15.3. The minimum absolute atomic E-state index is 0.619. The molecule has 2 aliphatic heterocycles. The normalized spacial score (nSPS) is 26.6. The molecule has 0 radical (unpaired) electrons. The molecule has 1 aromatic heterocycles. The van der Waals surface area contributed by atoms with Crippen LogP contribution in [0.4, 0.5) is 5.82 Å². The van der Waals surface area contributed by atoms with Crippen molar-refractivity contribution in [3.8, 4) is 0 Å². The van der Waals surface area contributed by atoms with Gasteiger partial charge >= 0.3 is 0 Å². The van der Waals surface area contributed by atoms with Gasteiger partial charge < -0.3 is 10.2 Å².